The van der Waals surface area contributed by atoms with Crippen molar-refractivity contribution < 1.29 is 9.59 Å². The second kappa shape index (κ2) is 9.63. The minimum absolute atomic E-state index is 0.0354. The SMILES string of the molecule is O=C(CN1CC2CC1CN2C(=O)c1cn(Cc2ccccc2)c2ccccc12)NCc1ccccc1. The second-order valence-corrected chi connectivity index (χ2v) is 9.87. The molecule has 182 valence electrons. The first-order valence-electron chi connectivity index (χ1n) is 12.6. The van der Waals surface area contributed by atoms with Gasteiger partial charge in [0.15, 0.2) is 0 Å². The van der Waals surface area contributed by atoms with Crippen LogP contribution in [0.4, 0.5) is 0 Å². The summed E-state index contributed by atoms with van der Waals surface area (Å²) in [6.07, 6.45) is 2.95. The zero-order valence-electron chi connectivity index (χ0n) is 20.2. The molecule has 4 aromatic rings. The summed E-state index contributed by atoms with van der Waals surface area (Å²) < 4.78 is 2.18. The molecule has 2 saturated heterocycles. The molecule has 0 radical (unpaired) electrons. The minimum Gasteiger partial charge on any atom is -0.351 e. The summed E-state index contributed by atoms with van der Waals surface area (Å²) in [5, 5.41) is 4.02. The van der Waals surface area contributed by atoms with Crippen LogP contribution in [0.5, 0.6) is 0 Å². The van der Waals surface area contributed by atoms with Gasteiger partial charge in [-0.1, -0.05) is 78.9 Å². The zero-order valence-corrected chi connectivity index (χ0v) is 20.2. The summed E-state index contributed by atoms with van der Waals surface area (Å²) in [7, 11) is 0. The van der Waals surface area contributed by atoms with E-state index >= 15 is 0 Å². The number of likely N-dealkylation sites (tertiary alicyclic amines) is 2. The van der Waals surface area contributed by atoms with Gasteiger partial charge in [-0.2, -0.15) is 0 Å². The van der Waals surface area contributed by atoms with Crippen LogP contribution in [0, 0.1) is 0 Å². The van der Waals surface area contributed by atoms with Crippen LogP contribution in [-0.4, -0.2) is 57.9 Å². The number of amides is 2. The molecule has 6 nitrogen and oxygen atoms in total. The fourth-order valence-corrected chi connectivity index (χ4v) is 5.71. The molecule has 2 amide bonds. The fraction of sp³-hybridized carbons (Fsp3) is 0.267. The molecule has 2 fully saturated rings. The third kappa shape index (κ3) is 4.40. The number of nitrogens with zero attached hydrogens (tertiary/aromatic N) is 3. The summed E-state index contributed by atoms with van der Waals surface area (Å²) in [5.41, 5.74) is 4.14. The Morgan fingerprint density at radius 1 is 0.806 bits per heavy atom. The van der Waals surface area contributed by atoms with Gasteiger partial charge in [0.2, 0.25) is 5.91 Å². The van der Waals surface area contributed by atoms with Crippen LogP contribution in [0.2, 0.25) is 0 Å². The molecule has 2 aliphatic heterocycles. The molecule has 1 N–H and O–H groups in total. The van der Waals surface area contributed by atoms with E-state index in [9.17, 15) is 9.59 Å². The van der Waals surface area contributed by atoms with Crippen LogP contribution in [-0.2, 0) is 17.9 Å². The summed E-state index contributed by atoms with van der Waals surface area (Å²) in [4.78, 5) is 30.5. The first kappa shape index (κ1) is 22.6. The van der Waals surface area contributed by atoms with E-state index in [2.05, 4.69) is 33.0 Å². The highest BCUT2D eigenvalue weighted by molar-refractivity contribution is 6.07. The summed E-state index contributed by atoms with van der Waals surface area (Å²) >= 11 is 0. The lowest BCUT2D eigenvalue weighted by Gasteiger charge is -2.33. The molecule has 36 heavy (non-hydrogen) atoms. The number of hydrogen-bond acceptors (Lipinski definition) is 3. The van der Waals surface area contributed by atoms with Gasteiger partial charge in [0.1, 0.15) is 0 Å². The molecule has 6 rings (SSSR count). The van der Waals surface area contributed by atoms with E-state index in [0.29, 0.717) is 19.6 Å². The number of nitrogens with one attached hydrogen (secondary N) is 1. The average Bonchev–Trinajstić information content (AvgIpc) is 3.62. The van der Waals surface area contributed by atoms with Crippen molar-refractivity contribution in [2.24, 2.45) is 0 Å². The van der Waals surface area contributed by atoms with E-state index in [-0.39, 0.29) is 23.9 Å². The Hall–Kier alpha value is -3.90. The number of hydrogen-bond donors (Lipinski definition) is 1. The van der Waals surface area contributed by atoms with Crippen molar-refractivity contribution in [2.45, 2.75) is 31.6 Å². The number of benzene rings is 3. The maximum absolute atomic E-state index is 13.7. The number of para-hydroxylation sites is 1. The number of aromatic nitrogens is 1. The standard InChI is InChI=1S/C30H30N4O2/c35-29(31-16-22-9-3-1-4-10-22)21-32-18-25-15-24(32)19-34(25)30(36)27-20-33(17-23-11-5-2-6-12-23)28-14-8-7-13-26(27)28/h1-14,20,24-25H,15-19,21H2,(H,31,35). The summed E-state index contributed by atoms with van der Waals surface area (Å²) in [6.45, 7) is 3.07. The van der Waals surface area contributed by atoms with Gasteiger partial charge >= 0.3 is 0 Å². The van der Waals surface area contributed by atoms with Crippen molar-refractivity contribution in [1.82, 2.24) is 19.7 Å². The van der Waals surface area contributed by atoms with Crippen LogP contribution < -0.4 is 5.32 Å². The molecule has 2 aliphatic rings. The molecular formula is C30H30N4O2. The fourth-order valence-electron chi connectivity index (χ4n) is 5.71. The Balaban J connectivity index is 1.12. The van der Waals surface area contributed by atoms with Gasteiger partial charge in [0, 0.05) is 55.4 Å². The minimum atomic E-state index is 0.0354. The van der Waals surface area contributed by atoms with Gasteiger partial charge in [0.25, 0.3) is 5.91 Å². The number of piperazine rings is 1. The lowest BCUT2D eigenvalue weighted by Crippen LogP contribution is -2.51. The van der Waals surface area contributed by atoms with Crippen LogP contribution >= 0.6 is 0 Å². The van der Waals surface area contributed by atoms with Crippen LogP contribution in [0.25, 0.3) is 10.9 Å². The molecule has 3 aromatic carbocycles. The normalized spacial score (nSPS) is 19.2. The van der Waals surface area contributed by atoms with E-state index in [1.165, 1.54) is 5.56 Å². The Bertz CT molecular complexity index is 1380. The molecular weight excluding hydrogens is 448 g/mol. The van der Waals surface area contributed by atoms with E-state index in [1.807, 2.05) is 77.8 Å². The maximum Gasteiger partial charge on any atom is 0.256 e. The van der Waals surface area contributed by atoms with Crippen LogP contribution in [0.3, 0.4) is 0 Å². The van der Waals surface area contributed by atoms with Crippen molar-refractivity contribution in [3.05, 3.63) is 108 Å². The highest BCUT2D eigenvalue weighted by Gasteiger charge is 2.46. The lowest BCUT2D eigenvalue weighted by atomic mass is 10.1. The summed E-state index contributed by atoms with van der Waals surface area (Å²) in [6, 6.07) is 28.8. The van der Waals surface area contributed by atoms with E-state index in [0.717, 1.165) is 41.5 Å². The van der Waals surface area contributed by atoms with Crippen LogP contribution in [0.15, 0.2) is 91.1 Å². The number of carbonyl (C=O) groups excluding carboxylic acids is 2. The van der Waals surface area contributed by atoms with Gasteiger partial charge in [-0.25, -0.2) is 0 Å². The Morgan fingerprint density at radius 2 is 1.50 bits per heavy atom. The maximum atomic E-state index is 13.7. The first-order chi connectivity index (χ1) is 17.7. The number of carbonyl (C=O) groups is 2. The van der Waals surface area contributed by atoms with Crippen LogP contribution in [0.1, 0.15) is 27.9 Å². The van der Waals surface area contributed by atoms with E-state index in [4.69, 9.17) is 0 Å². The second-order valence-electron chi connectivity index (χ2n) is 9.87. The number of rotatable bonds is 7. The largest absolute Gasteiger partial charge is 0.351 e. The lowest BCUT2D eigenvalue weighted by molar-refractivity contribution is -0.122. The molecule has 0 spiro atoms. The third-order valence-corrected chi connectivity index (χ3v) is 7.51. The van der Waals surface area contributed by atoms with Gasteiger partial charge in [-0.15, -0.1) is 0 Å². The Kier molecular flexibility index (Phi) is 6.03. The molecule has 3 heterocycles. The number of fused-ring (bicyclic) bond motifs is 3. The highest BCUT2D eigenvalue weighted by Crippen LogP contribution is 2.33. The molecule has 6 heteroatoms. The molecule has 2 unspecified atom stereocenters. The average molecular weight is 479 g/mol. The van der Waals surface area contributed by atoms with Gasteiger partial charge in [0.05, 0.1) is 12.1 Å². The van der Waals surface area contributed by atoms with Crippen molar-refractivity contribution >= 4 is 22.7 Å². The molecule has 2 atom stereocenters. The molecule has 2 bridgehead atoms. The molecule has 0 saturated carbocycles. The third-order valence-electron chi connectivity index (χ3n) is 7.51. The smallest absolute Gasteiger partial charge is 0.256 e. The Morgan fingerprint density at radius 3 is 2.22 bits per heavy atom. The predicted molar refractivity (Wildman–Crippen MR) is 141 cm³/mol. The van der Waals surface area contributed by atoms with Gasteiger partial charge in [-0.05, 0) is 23.6 Å². The quantitative estimate of drug-likeness (QED) is 0.438. The monoisotopic (exact) mass is 478 g/mol. The first-order valence-corrected chi connectivity index (χ1v) is 12.6. The van der Waals surface area contributed by atoms with Crippen molar-refractivity contribution in [3.63, 3.8) is 0 Å². The molecule has 1 aromatic heterocycles. The summed E-state index contributed by atoms with van der Waals surface area (Å²) in [5.74, 6) is 0.131. The van der Waals surface area contributed by atoms with E-state index < -0.39 is 0 Å². The Labute approximate surface area is 211 Å². The van der Waals surface area contributed by atoms with Gasteiger partial charge < -0.3 is 14.8 Å². The van der Waals surface area contributed by atoms with Gasteiger partial charge in [-0.3, -0.25) is 14.5 Å². The van der Waals surface area contributed by atoms with Crippen molar-refractivity contribution in [1.29, 1.82) is 0 Å². The van der Waals surface area contributed by atoms with E-state index in [1.54, 1.807) is 0 Å². The van der Waals surface area contributed by atoms with Crippen molar-refractivity contribution in [3.8, 4) is 0 Å². The highest BCUT2D eigenvalue weighted by atomic mass is 16.2. The predicted octanol–water partition coefficient (Wildman–Crippen LogP) is 3.90. The topological polar surface area (TPSA) is 57.6 Å². The molecule has 0 aliphatic carbocycles. The van der Waals surface area contributed by atoms with Crippen molar-refractivity contribution in [2.75, 3.05) is 19.6 Å². The zero-order chi connectivity index (χ0) is 24.5.